The maximum atomic E-state index is 13.7. The van der Waals surface area contributed by atoms with Crippen molar-refractivity contribution in [2.75, 3.05) is 6.54 Å². The van der Waals surface area contributed by atoms with Gasteiger partial charge in [-0.3, -0.25) is 4.79 Å². The molecule has 1 aromatic carbocycles. The van der Waals surface area contributed by atoms with Crippen molar-refractivity contribution in [2.24, 2.45) is 5.73 Å². The van der Waals surface area contributed by atoms with E-state index in [1.54, 1.807) is 32.0 Å². The zero-order chi connectivity index (χ0) is 13.8. The van der Waals surface area contributed by atoms with Gasteiger partial charge in [-0.25, -0.2) is 4.39 Å². The highest BCUT2D eigenvalue weighted by Crippen LogP contribution is 2.25. The van der Waals surface area contributed by atoms with Gasteiger partial charge in [0.2, 0.25) is 5.91 Å². The number of halogens is 2. The number of hydrogen-bond acceptors (Lipinski definition) is 2. The second-order valence-electron chi connectivity index (χ2n) is 5.13. The van der Waals surface area contributed by atoms with Crippen molar-refractivity contribution < 1.29 is 9.18 Å². The second kappa shape index (κ2) is 7.46. The molecule has 0 bridgehead atoms. The van der Waals surface area contributed by atoms with E-state index in [0.717, 1.165) is 0 Å². The summed E-state index contributed by atoms with van der Waals surface area (Å²) >= 11 is 0. The Balaban J connectivity index is 0.00000324. The number of carbonyl (C=O) groups is 1. The Hall–Kier alpha value is -1.13. The van der Waals surface area contributed by atoms with E-state index < -0.39 is 5.41 Å². The molecular formula is C14H22ClFN2O. The molecule has 0 radical (unpaired) electrons. The third-order valence-corrected chi connectivity index (χ3v) is 3.00. The Morgan fingerprint density at radius 3 is 2.53 bits per heavy atom. The summed E-state index contributed by atoms with van der Waals surface area (Å²) in [5, 5.41) is 2.79. The smallest absolute Gasteiger partial charge is 0.230 e. The van der Waals surface area contributed by atoms with Crippen LogP contribution in [0, 0.1) is 5.82 Å². The molecule has 0 aliphatic rings. The Kier molecular flexibility index (Phi) is 7.01. The first kappa shape index (κ1) is 17.9. The maximum Gasteiger partial charge on any atom is 0.230 e. The fourth-order valence-electron chi connectivity index (χ4n) is 1.72. The molecule has 0 spiro atoms. The van der Waals surface area contributed by atoms with E-state index in [9.17, 15) is 9.18 Å². The van der Waals surface area contributed by atoms with Gasteiger partial charge < -0.3 is 11.1 Å². The largest absolute Gasteiger partial charge is 0.355 e. The van der Waals surface area contributed by atoms with Crippen LogP contribution < -0.4 is 11.1 Å². The van der Waals surface area contributed by atoms with Crippen LogP contribution in [-0.4, -0.2) is 18.5 Å². The van der Waals surface area contributed by atoms with Crippen LogP contribution in [-0.2, 0) is 10.2 Å². The first-order chi connectivity index (χ1) is 8.35. The van der Waals surface area contributed by atoms with Crippen molar-refractivity contribution in [2.45, 2.75) is 38.6 Å². The lowest BCUT2D eigenvalue weighted by Crippen LogP contribution is -2.42. The molecule has 1 aromatic rings. The molecule has 0 fully saturated rings. The number of amides is 1. The fourth-order valence-corrected chi connectivity index (χ4v) is 1.72. The summed E-state index contributed by atoms with van der Waals surface area (Å²) in [4.78, 5) is 12.1. The number of nitrogens with two attached hydrogens (primary N) is 1. The first-order valence-corrected chi connectivity index (χ1v) is 6.14. The molecule has 19 heavy (non-hydrogen) atoms. The quantitative estimate of drug-likeness (QED) is 0.874. The molecule has 1 amide bonds. The Bertz CT molecular complexity index is 422. The lowest BCUT2D eigenvalue weighted by Gasteiger charge is -2.24. The summed E-state index contributed by atoms with van der Waals surface area (Å²) in [6.07, 6.45) is 0.707. The molecule has 0 saturated heterocycles. The van der Waals surface area contributed by atoms with E-state index in [-0.39, 0.29) is 30.2 Å². The number of benzene rings is 1. The third-order valence-electron chi connectivity index (χ3n) is 3.00. The van der Waals surface area contributed by atoms with Crippen LogP contribution in [0.2, 0.25) is 0 Å². The maximum absolute atomic E-state index is 13.7. The van der Waals surface area contributed by atoms with Gasteiger partial charge in [0, 0.05) is 18.2 Å². The van der Waals surface area contributed by atoms with Gasteiger partial charge in [0.15, 0.2) is 0 Å². The zero-order valence-corrected chi connectivity index (χ0v) is 12.4. The van der Waals surface area contributed by atoms with Crippen molar-refractivity contribution in [1.82, 2.24) is 5.32 Å². The predicted octanol–water partition coefficient (Wildman–Crippen LogP) is 2.38. The van der Waals surface area contributed by atoms with Crippen molar-refractivity contribution in [3.05, 3.63) is 35.6 Å². The number of nitrogens with one attached hydrogen (secondary N) is 1. The van der Waals surface area contributed by atoms with E-state index in [1.165, 1.54) is 6.07 Å². The highest BCUT2D eigenvalue weighted by molar-refractivity contribution is 5.87. The van der Waals surface area contributed by atoms with Crippen molar-refractivity contribution in [3.8, 4) is 0 Å². The van der Waals surface area contributed by atoms with Gasteiger partial charge in [0.05, 0.1) is 5.41 Å². The summed E-state index contributed by atoms with van der Waals surface area (Å²) in [6, 6.07) is 6.40. The molecule has 1 unspecified atom stereocenters. The van der Waals surface area contributed by atoms with Crippen LogP contribution in [0.5, 0.6) is 0 Å². The topological polar surface area (TPSA) is 55.1 Å². The summed E-state index contributed by atoms with van der Waals surface area (Å²) in [6.45, 7) is 5.82. The van der Waals surface area contributed by atoms with Crippen LogP contribution in [0.25, 0.3) is 0 Å². The monoisotopic (exact) mass is 288 g/mol. The average molecular weight is 289 g/mol. The molecule has 1 rings (SSSR count). The number of hydrogen-bond donors (Lipinski definition) is 2. The minimum atomic E-state index is -0.886. The molecule has 3 N–H and O–H groups in total. The highest BCUT2D eigenvalue weighted by atomic mass is 35.5. The Labute approximate surface area is 120 Å². The SMILES string of the molecule is CC(N)CCNC(=O)C(C)(C)c1ccccc1F.Cl. The Morgan fingerprint density at radius 1 is 1.42 bits per heavy atom. The zero-order valence-electron chi connectivity index (χ0n) is 11.6. The van der Waals surface area contributed by atoms with E-state index in [2.05, 4.69) is 5.32 Å². The average Bonchev–Trinajstić information content (AvgIpc) is 2.28. The predicted molar refractivity (Wildman–Crippen MR) is 78.0 cm³/mol. The molecule has 0 saturated carbocycles. The normalized spacial score (nSPS) is 12.5. The number of rotatable bonds is 5. The van der Waals surface area contributed by atoms with Crippen molar-refractivity contribution in [1.29, 1.82) is 0 Å². The molecule has 0 heterocycles. The molecule has 5 heteroatoms. The van der Waals surface area contributed by atoms with Crippen molar-refractivity contribution >= 4 is 18.3 Å². The van der Waals surface area contributed by atoms with Gasteiger partial charge in [0.1, 0.15) is 5.82 Å². The van der Waals surface area contributed by atoms with E-state index in [4.69, 9.17) is 5.73 Å². The van der Waals surface area contributed by atoms with Crippen LogP contribution in [0.4, 0.5) is 4.39 Å². The van der Waals surface area contributed by atoms with E-state index in [0.29, 0.717) is 18.5 Å². The van der Waals surface area contributed by atoms with Gasteiger partial charge >= 0.3 is 0 Å². The van der Waals surface area contributed by atoms with Crippen LogP contribution in [0.3, 0.4) is 0 Å². The van der Waals surface area contributed by atoms with Crippen molar-refractivity contribution in [3.63, 3.8) is 0 Å². The van der Waals surface area contributed by atoms with Gasteiger partial charge in [0.25, 0.3) is 0 Å². The molecule has 108 valence electrons. The minimum Gasteiger partial charge on any atom is -0.355 e. The summed E-state index contributed by atoms with van der Waals surface area (Å²) in [5.74, 6) is -0.543. The summed E-state index contributed by atoms with van der Waals surface area (Å²) in [5.41, 5.74) is 5.13. The van der Waals surface area contributed by atoms with Crippen LogP contribution in [0.15, 0.2) is 24.3 Å². The van der Waals surface area contributed by atoms with E-state index in [1.807, 2.05) is 6.92 Å². The lowest BCUT2D eigenvalue weighted by molar-refractivity contribution is -0.125. The lowest BCUT2D eigenvalue weighted by atomic mass is 9.83. The van der Waals surface area contributed by atoms with Crippen LogP contribution in [0.1, 0.15) is 32.8 Å². The van der Waals surface area contributed by atoms with E-state index >= 15 is 0 Å². The van der Waals surface area contributed by atoms with Gasteiger partial charge in [-0.2, -0.15) is 0 Å². The summed E-state index contributed by atoms with van der Waals surface area (Å²) < 4.78 is 13.7. The minimum absolute atomic E-state index is 0. The molecule has 0 aromatic heterocycles. The van der Waals surface area contributed by atoms with Gasteiger partial charge in [-0.05, 0) is 33.3 Å². The molecule has 0 aliphatic carbocycles. The Morgan fingerprint density at radius 2 is 2.00 bits per heavy atom. The third kappa shape index (κ3) is 4.80. The molecule has 3 nitrogen and oxygen atoms in total. The van der Waals surface area contributed by atoms with Gasteiger partial charge in [-0.1, -0.05) is 18.2 Å². The first-order valence-electron chi connectivity index (χ1n) is 6.14. The number of carbonyl (C=O) groups excluding carboxylic acids is 1. The fraction of sp³-hybridized carbons (Fsp3) is 0.500. The molecule has 1 atom stereocenters. The van der Waals surface area contributed by atoms with Crippen LogP contribution >= 0.6 is 12.4 Å². The molecule has 0 aliphatic heterocycles. The summed E-state index contributed by atoms with van der Waals surface area (Å²) in [7, 11) is 0. The second-order valence-corrected chi connectivity index (χ2v) is 5.13. The standard InChI is InChI=1S/C14H21FN2O.ClH/c1-10(16)8-9-17-13(18)14(2,3)11-6-4-5-7-12(11)15;/h4-7,10H,8-9,16H2,1-3H3,(H,17,18);1H. The van der Waals surface area contributed by atoms with Gasteiger partial charge in [-0.15, -0.1) is 12.4 Å². The molecular weight excluding hydrogens is 267 g/mol. The highest BCUT2D eigenvalue weighted by Gasteiger charge is 2.31.